The number of anilines is 1. The summed E-state index contributed by atoms with van der Waals surface area (Å²) < 4.78 is 2.27. The number of aromatic nitrogens is 2. The third-order valence-electron chi connectivity index (χ3n) is 1.89. The summed E-state index contributed by atoms with van der Waals surface area (Å²) in [6.07, 6.45) is 3.15. The topological polar surface area (TPSA) is 80.6 Å². The Balaban J connectivity index is 2.93. The average Bonchev–Trinajstić information content (AvgIpc) is 2.46. The summed E-state index contributed by atoms with van der Waals surface area (Å²) in [5, 5.41) is 8.90. The Hall–Kier alpha value is -1.56. The number of carbonyl (C=O) groups is 1. The first-order chi connectivity index (χ1) is 6.61. The van der Waals surface area contributed by atoms with Crippen LogP contribution >= 0.6 is 15.9 Å². The van der Waals surface area contributed by atoms with E-state index in [2.05, 4.69) is 20.9 Å². The zero-order chi connectivity index (χ0) is 10.3. The van der Waals surface area contributed by atoms with Crippen LogP contribution in [-0.2, 0) is 0 Å². The second kappa shape index (κ2) is 2.98. The van der Waals surface area contributed by atoms with Crippen LogP contribution in [0.4, 0.5) is 5.82 Å². The molecule has 0 fully saturated rings. The summed E-state index contributed by atoms with van der Waals surface area (Å²) in [6.45, 7) is 0. The number of nitrogens with two attached hydrogens (primary N) is 1. The van der Waals surface area contributed by atoms with Crippen molar-refractivity contribution in [2.24, 2.45) is 0 Å². The van der Waals surface area contributed by atoms with Crippen molar-refractivity contribution in [2.75, 3.05) is 5.73 Å². The molecule has 2 rings (SSSR count). The van der Waals surface area contributed by atoms with Crippen LogP contribution in [0.25, 0.3) is 5.52 Å². The predicted molar refractivity (Wildman–Crippen MR) is 54.3 cm³/mol. The summed E-state index contributed by atoms with van der Waals surface area (Å²) >= 11 is 3.24. The molecule has 5 nitrogen and oxygen atoms in total. The Morgan fingerprint density at radius 2 is 2.36 bits per heavy atom. The van der Waals surface area contributed by atoms with Crippen molar-refractivity contribution >= 4 is 33.2 Å². The molecule has 0 aliphatic carbocycles. The maximum absolute atomic E-state index is 10.9. The first kappa shape index (κ1) is 9.01. The van der Waals surface area contributed by atoms with Gasteiger partial charge in [0.05, 0.1) is 10.2 Å². The van der Waals surface area contributed by atoms with E-state index < -0.39 is 5.97 Å². The molecule has 0 bridgehead atoms. The van der Waals surface area contributed by atoms with E-state index in [9.17, 15) is 4.79 Å². The van der Waals surface area contributed by atoms with Gasteiger partial charge in [0, 0.05) is 12.4 Å². The Labute approximate surface area is 87.3 Å². The van der Waals surface area contributed by atoms with Gasteiger partial charge < -0.3 is 15.2 Å². The van der Waals surface area contributed by atoms with Crippen molar-refractivity contribution < 1.29 is 9.90 Å². The molecule has 2 heterocycles. The summed E-state index contributed by atoms with van der Waals surface area (Å²) in [5.74, 6) is -0.816. The second-order valence-corrected chi connectivity index (χ2v) is 3.53. The molecule has 0 aliphatic heterocycles. The molecule has 6 heteroatoms. The molecule has 0 spiro atoms. The lowest BCUT2D eigenvalue weighted by Gasteiger charge is -1.99. The number of aromatic carboxylic acids is 1. The summed E-state index contributed by atoms with van der Waals surface area (Å²) in [5.41, 5.74) is 6.14. The molecule has 0 saturated heterocycles. The van der Waals surface area contributed by atoms with Gasteiger partial charge in [0.2, 0.25) is 0 Å². The third-order valence-corrected chi connectivity index (χ3v) is 2.50. The van der Waals surface area contributed by atoms with Crippen molar-refractivity contribution in [2.45, 2.75) is 0 Å². The minimum absolute atomic E-state index is 0.141. The molecule has 0 aliphatic rings. The largest absolute Gasteiger partial charge is 0.478 e. The smallest absolute Gasteiger partial charge is 0.338 e. The van der Waals surface area contributed by atoms with Crippen molar-refractivity contribution in [1.82, 2.24) is 9.38 Å². The maximum Gasteiger partial charge on any atom is 0.338 e. The fraction of sp³-hybridized carbons (Fsp3) is 0. The molecule has 0 radical (unpaired) electrons. The number of fused-ring (bicyclic) bond motifs is 1. The van der Waals surface area contributed by atoms with Crippen molar-refractivity contribution in [3.63, 3.8) is 0 Å². The van der Waals surface area contributed by atoms with Crippen LogP contribution in [0, 0.1) is 0 Å². The molecule has 14 heavy (non-hydrogen) atoms. The van der Waals surface area contributed by atoms with Crippen LogP contribution in [0.15, 0.2) is 23.1 Å². The first-order valence-corrected chi connectivity index (χ1v) is 4.55. The number of nitrogens with zero attached hydrogens (tertiary/aromatic N) is 2. The molecule has 3 N–H and O–H groups in total. The lowest BCUT2D eigenvalue weighted by atomic mass is 10.3. The Morgan fingerprint density at radius 3 is 3.00 bits per heavy atom. The predicted octanol–water partition coefficient (Wildman–Crippen LogP) is 1.38. The lowest BCUT2D eigenvalue weighted by molar-refractivity contribution is 0.0699. The summed E-state index contributed by atoms with van der Waals surface area (Å²) in [7, 11) is 0. The maximum atomic E-state index is 10.9. The molecule has 0 atom stereocenters. The molecule has 2 aromatic rings. The zero-order valence-electron chi connectivity index (χ0n) is 6.94. The van der Waals surface area contributed by atoms with Crippen LogP contribution in [-0.4, -0.2) is 20.5 Å². The van der Waals surface area contributed by atoms with Gasteiger partial charge in [-0.25, -0.2) is 9.78 Å². The molecular formula is C8H6BrN3O2. The van der Waals surface area contributed by atoms with Gasteiger partial charge in [0.25, 0.3) is 0 Å². The van der Waals surface area contributed by atoms with E-state index >= 15 is 0 Å². The van der Waals surface area contributed by atoms with E-state index in [-0.39, 0.29) is 11.4 Å². The van der Waals surface area contributed by atoms with E-state index in [0.717, 1.165) is 0 Å². The molecule has 0 amide bonds. The van der Waals surface area contributed by atoms with Gasteiger partial charge in [0.15, 0.2) is 0 Å². The monoisotopic (exact) mass is 255 g/mol. The van der Waals surface area contributed by atoms with E-state index in [4.69, 9.17) is 10.8 Å². The second-order valence-electron chi connectivity index (χ2n) is 2.72. The number of hydrogen-bond acceptors (Lipinski definition) is 3. The number of halogens is 1. The molecule has 0 saturated carbocycles. The Morgan fingerprint density at radius 1 is 1.64 bits per heavy atom. The fourth-order valence-electron chi connectivity index (χ4n) is 1.31. The molecule has 0 unspecified atom stereocenters. The van der Waals surface area contributed by atoms with E-state index in [1.165, 1.54) is 12.3 Å². The third kappa shape index (κ3) is 1.15. The van der Waals surface area contributed by atoms with Crippen LogP contribution in [0.3, 0.4) is 0 Å². The van der Waals surface area contributed by atoms with Crippen LogP contribution < -0.4 is 5.73 Å². The highest BCUT2D eigenvalue weighted by atomic mass is 79.9. The fourth-order valence-corrected chi connectivity index (χ4v) is 1.83. The lowest BCUT2D eigenvalue weighted by Crippen LogP contribution is -2.00. The van der Waals surface area contributed by atoms with E-state index in [1.807, 2.05) is 0 Å². The van der Waals surface area contributed by atoms with Gasteiger partial charge in [0.1, 0.15) is 11.3 Å². The SMILES string of the molecule is Nc1nccn2c(Br)cc(C(=O)O)c12. The molecular weight excluding hydrogens is 250 g/mol. The quantitative estimate of drug-likeness (QED) is 0.807. The van der Waals surface area contributed by atoms with Gasteiger partial charge in [-0.1, -0.05) is 0 Å². The number of hydrogen-bond donors (Lipinski definition) is 2. The Bertz CT molecular complexity index is 521. The summed E-state index contributed by atoms with van der Waals surface area (Å²) in [6, 6.07) is 1.50. The van der Waals surface area contributed by atoms with Crippen LogP contribution in [0.2, 0.25) is 0 Å². The average molecular weight is 256 g/mol. The normalized spacial score (nSPS) is 10.6. The van der Waals surface area contributed by atoms with Crippen LogP contribution in [0.5, 0.6) is 0 Å². The minimum atomic E-state index is -1.02. The van der Waals surface area contributed by atoms with Gasteiger partial charge in [-0.3, -0.25) is 0 Å². The summed E-state index contributed by atoms with van der Waals surface area (Å²) in [4.78, 5) is 14.7. The van der Waals surface area contributed by atoms with Crippen LogP contribution in [0.1, 0.15) is 10.4 Å². The van der Waals surface area contributed by atoms with E-state index in [0.29, 0.717) is 10.1 Å². The van der Waals surface area contributed by atoms with Gasteiger partial charge in [-0.15, -0.1) is 0 Å². The molecule has 2 aromatic heterocycles. The van der Waals surface area contributed by atoms with Crippen molar-refractivity contribution in [3.8, 4) is 0 Å². The molecule has 0 aromatic carbocycles. The minimum Gasteiger partial charge on any atom is -0.478 e. The zero-order valence-corrected chi connectivity index (χ0v) is 8.52. The van der Waals surface area contributed by atoms with Gasteiger partial charge >= 0.3 is 5.97 Å². The highest BCUT2D eigenvalue weighted by Crippen LogP contribution is 2.24. The number of carboxylic acids is 1. The highest BCUT2D eigenvalue weighted by Gasteiger charge is 2.15. The van der Waals surface area contributed by atoms with Gasteiger partial charge in [-0.05, 0) is 22.0 Å². The molecule has 72 valence electrons. The number of carboxylic acid groups (broad SMARTS) is 1. The highest BCUT2D eigenvalue weighted by molar-refractivity contribution is 9.10. The van der Waals surface area contributed by atoms with Crippen molar-refractivity contribution in [1.29, 1.82) is 0 Å². The van der Waals surface area contributed by atoms with Crippen molar-refractivity contribution in [3.05, 3.63) is 28.6 Å². The van der Waals surface area contributed by atoms with E-state index in [1.54, 1.807) is 10.6 Å². The standard InChI is InChI=1S/C8H6BrN3O2/c9-5-3-4(8(13)14)6-7(10)11-1-2-12(5)6/h1-3H,(H2,10,11)(H,13,14). The number of rotatable bonds is 1. The Kier molecular flexibility index (Phi) is 1.92. The number of nitrogen functional groups attached to an aromatic ring is 1. The van der Waals surface area contributed by atoms with Gasteiger partial charge in [-0.2, -0.15) is 0 Å². The first-order valence-electron chi connectivity index (χ1n) is 3.75.